The third kappa shape index (κ3) is 2.61. The summed E-state index contributed by atoms with van der Waals surface area (Å²) in [4.78, 5) is 11.8. The molecule has 0 aliphatic carbocycles. The van der Waals surface area contributed by atoms with Crippen LogP contribution in [-0.4, -0.2) is 25.2 Å². The molecule has 16 heavy (non-hydrogen) atoms. The van der Waals surface area contributed by atoms with Crippen LogP contribution in [0.25, 0.3) is 0 Å². The third-order valence-electron chi connectivity index (χ3n) is 2.51. The number of carbonyl (C=O) groups excluding carboxylic acids is 1. The number of benzene rings is 1. The molecule has 0 heterocycles. The fraction of sp³-hybridized carbons (Fsp3) is 0.364. The van der Waals surface area contributed by atoms with Gasteiger partial charge in [-0.2, -0.15) is 0 Å². The maximum atomic E-state index is 11.8. The first-order valence-corrected chi connectivity index (χ1v) is 6.71. The van der Waals surface area contributed by atoms with Crippen LogP contribution in [0.1, 0.15) is 24.2 Å². The van der Waals surface area contributed by atoms with Crippen LogP contribution in [0.2, 0.25) is 0 Å². The standard InChI is InChI=1S/C11H15NO3S/c1-3-16(14,15)8(2)11(13)9-4-6-10(12)7-5-9/h4-8H,3,12H2,1-2H3/t8-/m1/s1. The molecule has 88 valence electrons. The largest absolute Gasteiger partial charge is 0.399 e. The third-order valence-corrected chi connectivity index (χ3v) is 4.60. The SMILES string of the molecule is CCS(=O)(=O)[C@H](C)C(=O)c1ccc(N)cc1. The lowest BCUT2D eigenvalue weighted by atomic mass is 10.1. The summed E-state index contributed by atoms with van der Waals surface area (Å²) in [5.41, 5.74) is 6.40. The summed E-state index contributed by atoms with van der Waals surface area (Å²) in [6.07, 6.45) is 0. The van der Waals surface area contributed by atoms with E-state index in [2.05, 4.69) is 0 Å². The van der Waals surface area contributed by atoms with Gasteiger partial charge in [-0.1, -0.05) is 6.92 Å². The van der Waals surface area contributed by atoms with Gasteiger partial charge in [0.15, 0.2) is 15.6 Å². The number of hydrogen-bond acceptors (Lipinski definition) is 4. The zero-order chi connectivity index (χ0) is 12.3. The smallest absolute Gasteiger partial charge is 0.180 e. The Balaban J connectivity index is 2.99. The van der Waals surface area contributed by atoms with Gasteiger partial charge in [-0.15, -0.1) is 0 Å². The first-order chi connectivity index (χ1) is 7.38. The van der Waals surface area contributed by atoms with Gasteiger partial charge >= 0.3 is 0 Å². The predicted octanol–water partition coefficient (Wildman–Crippen LogP) is 1.27. The highest BCUT2D eigenvalue weighted by Crippen LogP contribution is 2.12. The van der Waals surface area contributed by atoms with E-state index in [4.69, 9.17) is 5.73 Å². The van der Waals surface area contributed by atoms with E-state index in [1.165, 1.54) is 13.8 Å². The Kier molecular flexibility index (Phi) is 3.70. The molecule has 1 atom stereocenters. The van der Waals surface area contributed by atoms with Crippen molar-refractivity contribution in [3.63, 3.8) is 0 Å². The van der Waals surface area contributed by atoms with Gasteiger partial charge in [0.1, 0.15) is 5.25 Å². The van der Waals surface area contributed by atoms with Gasteiger partial charge in [0, 0.05) is 17.0 Å². The molecule has 1 aromatic rings. The Hall–Kier alpha value is -1.36. The van der Waals surface area contributed by atoms with Crippen LogP contribution in [-0.2, 0) is 9.84 Å². The van der Waals surface area contributed by atoms with E-state index >= 15 is 0 Å². The fourth-order valence-electron chi connectivity index (χ4n) is 1.30. The summed E-state index contributed by atoms with van der Waals surface area (Å²) in [7, 11) is -3.34. The van der Waals surface area contributed by atoms with Crippen LogP contribution < -0.4 is 5.73 Å². The minimum atomic E-state index is -3.34. The van der Waals surface area contributed by atoms with Gasteiger partial charge in [-0.05, 0) is 31.2 Å². The number of carbonyl (C=O) groups is 1. The minimum absolute atomic E-state index is 0.0329. The average Bonchev–Trinajstić information content (AvgIpc) is 2.28. The Morgan fingerprint density at radius 3 is 2.25 bits per heavy atom. The van der Waals surface area contributed by atoms with Gasteiger partial charge in [-0.25, -0.2) is 8.42 Å². The summed E-state index contributed by atoms with van der Waals surface area (Å²) in [5.74, 6) is -0.420. The van der Waals surface area contributed by atoms with E-state index in [1.54, 1.807) is 24.3 Å². The molecule has 4 nitrogen and oxygen atoms in total. The maximum Gasteiger partial charge on any atom is 0.180 e. The van der Waals surface area contributed by atoms with Gasteiger partial charge < -0.3 is 5.73 Å². The van der Waals surface area contributed by atoms with Crippen molar-refractivity contribution >= 4 is 21.3 Å². The highest BCUT2D eigenvalue weighted by Gasteiger charge is 2.26. The van der Waals surface area contributed by atoms with Crippen molar-refractivity contribution in [1.29, 1.82) is 0 Å². The summed E-state index contributed by atoms with van der Waals surface area (Å²) < 4.78 is 23.1. The summed E-state index contributed by atoms with van der Waals surface area (Å²) >= 11 is 0. The van der Waals surface area contributed by atoms with E-state index in [-0.39, 0.29) is 11.5 Å². The monoisotopic (exact) mass is 241 g/mol. The average molecular weight is 241 g/mol. The van der Waals surface area contributed by atoms with E-state index in [0.29, 0.717) is 11.3 Å². The number of ketones is 1. The molecule has 0 aliphatic heterocycles. The van der Waals surface area contributed by atoms with E-state index in [1.807, 2.05) is 0 Å². The minimum Gasteiger partial charge on any atom is -0.399 e. The Morgan fingerprint density at radius 1 is 1.31 bits per heavy atom. The molecule has 0 aliphatic rings. The van der Waals surface area contributed by atoms with E-state index in [9.17, 15) is 13.2 Å². The molecule has 0 unspecified atom stereocenters. The highest BCUT2D eigenvalue weighted by molar-refractivity contribution is 7.92. The predicted molar refractivity (Wildman–Crippen MR) is 64.1 cm³/mol. The fourth-order valence-corrected chi connectivity index (χ4v) is 2.26. The molecule has 0 bridgehead atoms. The molecule has 5 heteroatoms. The molecule has 1 aromatic carbocycles. The molecule has 0 saturated carbocycles. The lowest BCUT2D eigenvalue weighted by Crippen LogP contribution is -2.28. The van der Waals surface area contributed by atoms with Crippen LogP contribution in [0.3, 0.4) is 0 Å². The number of Topliss-reactive ketones (excluding diaryl/α,β-unsaturated/α-hetero) is 1. The van der Waals surface area contributed by atoms with Gasteiger partial charge in [0.05, 0.1) is 0 Å². The molecule has 0 fully saturated rings. The lowest BCUT2D eigenvalue weighted by molar-refractivity contribution is 0.0991. The number of rotatable bonds is 4. The molecule has 0 radical (unpaired) electrons. The first-order valence-electron chi connectivity index (χ1n) is 5.00. The van der Waals surface area contributed by atoms with Gasteiger partial charge in [0.25, 0.3) is 0 Å². The lowest BCUT2D eigenvalue weighted by Gasteiger charge is -2.10. The van der Waals surface area contributed by atoms with Crippen molar-refractivity contribution in [2.75, 3.05) is 11.5 Å². The quantitative estimate of drug-likeness (QED) is 0.636. The second kappa shape index (κ2) is 4.65. The molecule has 2 N–H and O–H groups in total. The van der Waals surface area contributed by atoms with Gasteiger partial charge in [0.2, 0.25) is 0 Å². The van der Waals surface area contributed by atoms with E-state index in [0.717, 1.165) is 0 Å². The van der Waals surface area contributed by atoms with Crippen molar-refractivity contribution in [1.82, 2.24) is 0 Å². The van der Waals surface area contributed by atoms with Crippen molar-refractivity contribution in [3.05, 3.63) is 29.8 Å². The van der Waals surface area contributed by atoms with Crippen molar-refractivity contribution in [2.45, 2.75) is 19.1 Å². The number of anilines is 1. The Morgan fingerprint density at radius 2 is 1.81 bits per heavy atom. The topological polar surface area (TPSA) is 77.2 Å². The summed E-state index contributed by atoms with van der Waals surface area (Å²) in [6, 6.07) is 6.25. The second-order valence-electron chi connectivity index (χ2n) is 3.58. The van der Waals surface area contributed by atoms with Crippen molar-refractivity contribution < 1.29 is 13.2 Å². The molecule has 0 spiro atoms. The highest BCUT2D eigenvalue weighted by atomic mass is 32.2. The van der Waals surface area contributed by atoms with Crippen LogP contribution in [0.4, 0.5) is 5.69 Å². The zero-order valence-corrected chi connectivity index (χ0v) is 10.1. The number of sulfone groups is 1. The molecule has 0 aromatic heterocycles. The first kappa shape index (κ1) is 12.7. The van der Waals surface area contributed by atoms with Crippen molar-refractivity contribution in [2.24, 2.45) is 0 Å². The molecule has 1 rings (SSSR count). The molecule has 0 saturated heterocycles. The van der Waals surface area contributed by atoms with E-state index < -0.39 is 15.1 Å². The van der Waals surface area contributed by atoms with Crippen molar-refractivity contribution in [3.8, 4) is 0 Å². The van der Waals surface area contributed by atoms with Crippen LogP contribution >= 0.6 is 0 Å². The normalized spacial score (nSPS) is 13.4. The van der Waals surface area contributed by atoms with Crippen LogP contribution in [0.15, 0.2) is 24.3 Å². The zero-order valence-electron chi connectivity index (χ0n) is 9.30. The molecular weight excluding hydrogens is 226 g/mol. The summed E-state index contributed by atoms with van der Waals surface area (Å²) in [6.45, 7) is 2.94. The molecular formula is C11H15NO3S. The second-order valence-corrected chi connectivity index (χ2v) is 6.19. The van der Waals surface area contributed by atoms with Crippen LogP contribution in [0.5, 0.6) is 0 Å². The van der Waals surface area contributed by atoms with Crippen LogP contribution in [0, 0.1) is 0 Å². The number of nitrogens with two attached hydrogens (primary N) is 1. The van der Waals surface area contributed by atoms with Gasteiger partial charge in [-0.3, -0.25) is 4.79 Å². The summed E-state index contributed by atoms with van der Waals surface area (Å²) in [5, 5.41) is -0.999. The number of nitrogen functional groups attached to an aromatic ring is 1. The maximum absolute atomic E-state index is 11.8. The molecule has 0 amide bonds. The Labute approximate surface area is 95.4 Å². The number of hydrogen-bond donors (Lipinski definition) is 1. The Bertz CT molecular complexity index is 476.